The minimum Gasteiger partial charge on any atom is -0.370 e. The van der Waals surface area contributed by atoms with Crippen LogP contribution in [0, 0.1) is 5.41 Å². The zero-order chi connectivity index (χ0) is 10.7. The zero-order valence-electron chi connectivity index (χ0n) is 8.61. The number of rotatable bonds is 1. The molecular formula is C12H15N3. The van der Waals surface area contributed by atoms with Crippen molar-refractivity contribution in [2.75, 3.05) is 13.1 Å². The molecule has 0 spiro atoms. The molecule has 1 aromatic rings. The summed E-state index contributed by atoms with van der Waals surface area (Å²) in [4.78, 5) is 1.87. The van der Waals surface area contributed by atoms with Crippen molar-refractivity contribution >= 4 is 11.5 Å². The van der Waals surface area contributed by atoms with Crippen LogP contribution < -0.4 is 5.73 Å². The van der Waals surface area contributed by atoms with Gasteiger partial charge in [0.25, 0.3) is 0 Å². The van der Waals surface area contributed by atoms with Crippen LogP contribution in [0.1, 0.15) is 12.0 Å². The fraction of sp³-hybridized carbons (Fsp3) is 0.250. The highest BCUT2D eigenvalue weighted by molar-refractivity contribution is 5.77. The molecule has 15 heavy (non-hydrogen) atoms. The van der Waals surface area contributed by atoms with Crippen LogP contribution in [0.2, 0.25) is 0 Å². The van der Waals surface area contributed by atoms with Crippen LogP contribution in [0.3, 0.4) is 0 Å². The van der Waals surface area contributed by atoms with Gasteiger partial charge in [0.2, 0.25) is 0 Å². The van der Waals surface area contributed by atoms with E-state index in [0.29, 0.717) is 0 Å². The predicted octanol–water partition coefficient (Wildman–Crippen LogP) is 1.67. The number of hydrogen-bond donors (Lipinski definition) is 2. The normalized spacial score (nSPS) is 16.0. The van der Waals surface area contributed by atoms with E-state index in [4.69, 9.17) is 11.1 Å². The van der Waals surface area contributed by atoms with Crippen molar-refractivity contribution < 1.29 is 0 Å². The van der Waals surface area contributed by atoms with Crippen LogP contribution >= 0.6 is 0 Å². The third kappa shape index (κ3) is 2.18. The van der Waals surface area contributed by atoms with Gasteiger partial charge >= 0.3 is 0 Å². The van der Waals surface area contributed by atoms with Gasteiger partial charge in [-0.1, -0.05) is 36.4 Å². The number of nitrogens with one attached hydrogen (secondary N) is 1. The Morgan fingerprint density at radius 1 is 1.27 bits per heavy atom. The lowest BCUT2D eigenvalue weighted by atomic mass is 10.00. The maximum atomic E-state index is 7.33. The Morgan fingerprint density at radius 2 is 2.00 bits per heavy atom. The zero-order valence-corrected chi connectivity index (χ0v) is 8.61. The summed E-state index contributed by atoms with van der Waals surface area (Å²) in [6.07, 6.45) is 3.11. The quantitative estimate of drug-likeness (QED) is 0.536. The molecule has 2 rings (SSSR count). The highest BCUT2D eigenvalue weighted by atomic mass is 15.2. The number of benzene rings is 1. The first-order valence-corrected chi connectivity index (χ1v) is 5.11. The maximum absolute atomic E-state index is 7.33. The lowest BCUT2D eigenvalue weighted by molar-refractivity contribution is 0.451. The van der Waals surface area contributed by atoms with Gasteiger partial charge in [-0.3, -0.25) is 5.41 Å². The molecule has 0 bridgehead atoms. The van der Waals surface area contributed by atoms with Crippen LogP contribution in [-0.4, -0.2) is 23.9 Å². The third-order valence-corrected chi connectivity index (χ3v) is 2.69. The fourth-order valence-electron chi connectivity index (χ4n) is 1.80. The van der Waals surface area contributed by atoms with Gasteiger partial charge in [0.15, 0.2) is 5.96 Å². The average molecular weight is 201 g/mol. The first-order chi connectivity index (χ1) is 7.27. The molecule has 3 N–H and O–H groups in total. The molecule has 78 valence electrons. The summed E-state index contributed by atoms with van der Waals surface area (Å²) in [5.74, 6) is 0.165. The summed E-state index contributed by atoms with van der Waals surface area (Å²) in [6, 6.07) is 10.4. The van der Waals surface area contributed by atoms with Gasteiger partial charge in [-0.25, -0.2) is 0 Å². The molecule has 0 fully saturated rings. The lowest BCUT2D eigenvalue weighted by Crippen LogP contribution is -2.39. The molecule has 0 saturated heterocycles. The highest BCUT2D eigenvalue weighted by Crippen LogP contribution is 2.21. The van der Waals surface area contributed by atoms with Crippen molar-refractivity contribution in [2.45, 2.75) is 6.42 Å². The Bertz CT molecular complexity index is 381. The average Bonchev–Trinajstić information content (AvgIpc) is 2.30. The molecule has 0 aliphatic carbocycles. The van der Waals surface area contributed by atoms with Crippen LogP contribution in [0.15, 0.2) is 36.4 Å². The Hall–Kier alpha value is -1.77. The van der Waals surface area contributed by atoms with Crippen LogP contribution in [-0.2, 0) is 0 Å². The minimum atomic E-state index is 0.165. The first kappa shape index (κ1) is 9.77. The standard InChI is InChI=1S/C12H15N3/c13-12(14)15-8-6-11(7-9-15)10-4-2-1-3-5-10/h1-6H,7-9H2,(H3,13,14). The SMILES string of the molecule is N=C(N)N1CC=C(c2ccccc2)CC1. The predicted molar refractivity (Wildman–Crippen MR) is 62.5 cm³/mol. The second-order valence-electron chi connectivity index (χ2n) is 3.68. The van der Waals surface area contributed by atoms with Crippen molar-refractivity contribution in [3.8, 4) is 0 Å². The van der Waals surface area contributed by atoms with Gasteiger partial charge in [-0.2, -0.15) is 0 Å². The summed E-state index contributed by atoms with van der Waals surface area (Å²) in [5.41, 5.74) is 8.06. The molecule has 0 saturated carbocycles. The van der Waals surface area contributed by atoms with Crippen molar-refractivity contribution in [3.63, 3.8) is 0 Å². The molecule has 0 unspecified atom stereocenters. The smallest absolute Gasteiger partial charge is 0.188 e. The molecule has 1 aromatic carbocycles. The molecule has 0 atom stereocenters. The molecule has 0 radical (unpaired) electrons. The largest absolute Gasteiger partial charge is 0.370 e. The Labute approximate surface area is 89.7 Å². The van der Waals surface area contributed by atoms with E-state index in [2.05, 4.69) is 18.2 Å². The van der Waals surface area contributed by atoms with Crippen molar-refractivity contribution in [3.05, 3.63) is 42.0 Å². The van der Waals surface area contributed by atoms with E-state index in [-0.39, 0.29) is 5.96 Å². The molecule has 1 heterocycles. The molecule has 3 nitrogen and oxygen atoms in total. The molecule has 0 amide bonds. The summed E-state index contributed by atoms with van der Waals surface area (Å²) in [5, 5.41) is 7.33. The van der Waals surface area contributed by atoms with E-state index in [1.165, 1.54) is 11.1 Å². The Morgan fingerprint density at radius 3 is 2.53 bits per heavy atom. The van der Waals surface area contributed by atoms with Crippen molar-refractivity contribution in [1.82, 2.24) is 4.90 Å². The Balaban J connectivity index is 2.12. The van der Waals surface area contributed by atoms with E-state index < -0.39 is 0 Å². The van der Waals surface area contributed by atoms with Crippen LogP contribution in [0.4, 0.5) is 0 Å². The molecular weight excluding hydrogens is 186 g/mol. The number of nitrogens with zero attached hydrogens (tertiary/aromatic N) is 1. The summed E-state index contributed by atoms with van der Waals surface area (Å²) in [6.45, 7) is 1.59. The van der Waals surface area contributed by atoms with Gasteiger partial charge in [-0.05, 0) is 17.6 Å². The van der Waals surface area contributed by atoms with Gasteiger partial charge in [0, 0.05) is 13.1 Å². The summed E-state index contributed by atoms with van der Waals surface area (Å²) >= 11 is 0. The second-order valence-corrected chi connectivity index (χ2v) is 3.68. The van der Waals surface area contributed by atoms with Crippen molar-refractivity contribution in [1.29, 1.82) is 5.41 Å². The third-order valence-electron chi connectivity index (χ3n) is 2.69. The number of hydrogen-bond acceptors (Lipinski definition) is 1. The van der Waals surface area contributed by atoms with E-state index in [1.807, 2.05) is 23.1 Å². The van der Waals surface area contributed by atoms with Gasteiger partial charge in [0.1, 0.15) is 0 Å². The van der Waals surface area contributed by atoms with E-state index in [1.54, 1.807) is 0 Å². The van der Waals surface area contributed by atoms with Crippen LogP contribution in [0.5, 0.6) is 0 Å². The molecule has 3 heteroatoms. The van der Waals surface area contributed by atoms with Gasteiger partial charge < -0.3 is 10.6 Å². The van der Waals surface area contributed by atoms with Crippen LogP contribution in [0.25, 0.3) is 5.57 Å². The second kappa shape index (κ2) is 4.17. The van der Waals surface area contributed by atoms with Crippen molar-refractivity contribution in [2.24, 2.45) is 5.73 Å². The monoisotopic (exact) mass is 201 g/mol. The summed E-state index contributed by atoms with van der Waals surface area (Å²) in [7, 11) is 0. The van der Waals surface area contributed by atoms with E-state index in [9.17, 15) is 0 Å². The molecule has 1 aliphatic rings. The molecule has 1 aliphatic heterocycles. The minimum absolute atomic E-state index is 0.165. The molecule has 0 aromatic heterocycles. The fourth-order valence-corrected chi connectivity index (χ4v) is 1.80. The highest BCUT2D eigenvalue weighted by Gasteiger charge is 2.12. The number of nitrogens with two attached hydrogens (primary N) is 1. The maximum Gasteiger partial charge on any atom is 0.188 e. The number of guanidine groups is 1. The van der Waals surface area contributed by atoms with E-state index in [0.717, 1.165) is 19.5 Å². The first-order valence-electron chi connectivity index (χ1n) is 5.11. The van der Waals surface area contributed by atoms with E-state index >= 15 is 0 Å². The lowest BCUT2D eigenvalue weighted by Gasteiger charge is -2.26. The van der Waals surface area contributed by atoms with Gasteiger partial charge in [0.05, 0.1) is 0 Å². The van der Waals surface area contributed by atoms with Gasteiger partial charge in [-0.15, -0.1) is 0 Å². The topological polar surface area (TPSA) is 53.1 Å². The Kier molecular flexibility index (Phi) is 2.72. The summed E-state index contributed by atoms with van der Waals surface area (Å²) < 4.78 is 0.